The molecule has 1 heterocycles. The van der Waals surface area contributed by atoms with Crippen LogP contribution in [0.15, 0.2) is 30.3 Å². The molecule has 1 aromatic rings. The Kier molecular flexibility index (Phi) is 3.41. The maximum absolute atomic E-state index is 12.1. The molecule has 0 aliphatic carbocycles. The Balaban J connectivity index is 1.99. The molecule has 0 aromatic heterocycles. The summed E-state index contributed by atoms with van der Waals surface area (Å²) < 4.78 is 0. The van der Waals surface area contributed by atoms with Crippen LogP contribution in [-0.4, -0.2) is 34.6 Å². The van der Waals surface area contributed by atoms with Crippen molar-refractivity contribution in [2.24, 2.45) is 11.7 Å². The zero-order valence-electron chi connectivity index (χ0n) is 10.8. The van der Waals surface area contributed by atoms with E-state index in [4.69, 9.17) is 5.73 Å². The van der Waals surface area contributed by atoms with Crippen LogP contribution in [0, 0.1) is 5.92 Å². The number of nitrogens with two attached hydrogens (primary N) is 1. The van der Waals surface area contributed by atoms with Crippen molar-refractivity contribution in [3.63, 3.8) is 0 Å². The van der Waals surface area contributed by atoms with Crippen molar-refractivity contribution in [3.8, 4) is 0 Å². The van der Waals surface area contributed by atoms with Gasteiger partial charge >= 0.3 is 0 Å². The predicted octanol–water partition coefficient (Wildman–Crippen LogP) is 0.916. The van der Waals surface area contributed by atoms with E-state index in [0.717, 1.165) is 5.56 Å². The molecule has 0 radical (unpaired) electrons. The van der Waals surface area contributed by atoms with Crippen molar-refractivity contribution in [1.82, 2.24) is 4.90 Å². The normalized spacial score (nSPS) is 19.5. The van der Waals surface area contributed by atoms with Crippen LogP contribution in [0.3, 0.4) is 0 Å². The predicted molar refractivity (Wildman–Crippen MR) is 69.7 cm³/mol. The minimum Gasteiger partial charge on any atom is -0.386 e. The number of benzene rings is 1. The minimum absolute atomic E-state index is 0.119. The number of rotatable bonds is 3. The molecule has 1 aliphatic rings. The summed E-state index contributed by atoms with van der Waals surface area (Å²) in [5.74, 6) is 0.0287. The van der Waals surface area contributed by atoms with Crippen LogP contribution in [0.4, 0.5) is 0 Å². The molecular formula is C14H20N2O2. The highest BCUT2D eigenvalue weighted by Gasteiger charge is 2.46. The molecule has 0 spiro atoms. The summed E-state index contributed by atoms with van der Waals surface area (Å²) in [6.45, 7) is 4.67. The Labute approximate surface area is 107 Å². The number of hydrogen-bond acceptors (Lipinski definition) is 3. The van der Waals surface area contributed by atoms with Gasteiger partial charge in [-0.25, -0.2) is 0 Å². The maximum atomic E-state index is 12.1. The number of hydrogen-bond donors (Lipinski definition) is 2. The number of carbonyl (C=O) groups is 1. The Bertz CT molecular complexity index is 425. The lowest BCUT2D eigenvalue weighted by molar-refractivity contribution is -0.165. The molecule has 18 heavy (non-hydrogen) atoms. The summed E-state index contributed by atoms with van der Waals surface area (Å²) in [5.41, 5.74) is 6.00. The first kappa shape index (κ1) is 13.1. The van der Waals surface area contributed by atoms with Gasteiger partial charge in [-0.3, -0.25) is 4.79 Å². The van der Waals surface area contributed by atoms with Crippen LogP contribution in [0.1, 0.15) is 25.5 Å². The highest BCUT2D eigenvalue weighted by Crippen LogP contribution is 2.30. The molecule has 0 saturated carbocycles. The highest BCUT2D eigenvalue weighted by molar-refractivity contribution is 5.84. The van der Waals surface area contributed by atoms with Crippen LogP contribution >= 0.6 is 0 Å². The monoisotopic (exact) mass is 248 g/mol. The van der Waals surface area contributed by atoms with Crippen LogP contribution in [0.5, 0.6) is 0 Å². The van der Waals surface area contributed by atoms with Gasteiger partial charge in [0.1, 0.15) is 11.6 Å². The number of aliphatic hydroxyl groups is 1. The van der Waals surface area contributed by atoms with E-state index >= 15 is 0 Å². The fourth-order valence-corrected chi connectivity index (χ4v) is 2.14. The lowest BCUT2D eigenvalue weighted by Gasteiger charge is -2.49. The average molecular weight is 248 g/mol. The van der Waals surface area contributed by atoms with Crippen molar-refractivity contribution in [1.29, 1.82) is 0 Å². The van der Waals surface area contributed by atoms with E-state index < -0.39 is 11.6 Å². The second kappa shape index (κ2) is 4.71. The third-order valence-electron chi connectivity index (χ3n) is 3.74. The van der Waals surface area contributed by atoms with Crippen LogP contribution in [-0.2, 0) is 4.79 Å². The van der Waals surface area contributed by atoms with E-state index in [1.807, 2.05) is 44.2 Å². The topological polar surface area (TPSA) is 66.6 Å². The Morgan fingerprint density at radius 1 is 1.33 bits per heavy atom. The lowest BCUT2D eigenvalue weighted by atomic mass is 9.82. The van der Waals surface area contributed by atoms with E-state index in [-0.39, 0.29) is 11.8 Å². The maximum Gasteiger partial charge on any atom is 0.244 e. The van der Waals surface area contributed by atoms with Gasteiger partial charge in [0, 0.05) is 0 Å². The molecule has 1 aromatic carbocycles. The lowest BCUT2D eigenvalue weighted by Crippen LogP contribution is -2.67. The van der Waals surface area contributed by atoms with Gasteiger partial charge in [-0.15, -0.1) is 0 Å². The summed E-state index contributed by atoms with van der Waals surface area (Å²) in [7, 11) is 0. The summed E-state index contributed by atoms with van der Waals surface area (Å²) in [6, 6.07) is 8.67. The second-order valence-corrected chi connectivity index (χ2v) is 5.34. The van der Waals surface area contributed by atoms with E-state index in [9.17, 15) is 9.90 Å². The number of amides is 1. The molecule has 1 saturated heterocycles. The second-order valence-electron chi connectivity index (χ2n) is 5.34. The van der Waals surface area contributed by atoms with Crippen molar-refractivity contribution in [2.45, 2.75) is 25.5 Å². The van der Waals surface area contributed by atoms with Crippen LogP contribution in [0.2, 0.25) is 0 Å². The van der Waals surface area contributed by atoms with Gasteiger partial charge < -0.3 is 15.7 Å². The first-order valence-electron chi connectivity index (χ1n) is 6.26. The highest BCUT2D eigenvalue weighted by atomic mass is 16.3. The quantitative estimate of drug-likeness (QED) is 0.835. The molecule has 1 atom stereocenters. The zero-order chi connectivity index (χ0) is 13.3. The van der Waals surface area contributed by atoms with Gasteiger partial charge in [-0.1, -0.05) is 44.2 Å². The molecule has 4 heteroatoms. The Morgan fingerprint density at radius 2 is 1.89 bits per heavy atom. The molecule has 0 bridgehead atoms. The average Bonchev–Trinajstić information content (AvgIpc) is 2.34. The van der Waals surface area contributed by atoms with Gasteiger partial charge in [0.05, 0.1) is 13.1 Å². The smallest absolute Gasteiger partial charge is 0.244 e. The van der Waals surface area contributed by atoms with E-state index in [2.05, 4.69) is 0 Å². The standard InChI is InChI=1S/C14H20N2O2/c1-10(2)14(18)8-16(9-14)13(17)12(15)11-6-4-3-5-7-11/h3-7,10,12,18H,8-9,15H2,1-2H3. The number of likely N-dealkylation sites (tertiary alicyclic amines) is 1. The molecule has 3 N–H and O–H groups in total. The number of β-amino-alcohol motifs (C(OH)–C–C–N with tert-alkyl or cyclic N) is 1. The fraction of sp³-hybridized carbons (Fsp3) is 0.500. The van der Waals surface area contributed by atoms with Gasteiger partial charge in [0.25, 0.3) is 0 Å². The van der Waals surface area contributed by atoms with Crippen molar-refractivity contribution >= 4 is 5.91 Å². The molecule has 1 aliphatic heterocycles. The van der Waals surface area contributed by atoms with Crippen molar-refractivity contribution < 1.29 is 9.90 Å². The molecule has 1 amide bonds. The first-order valence-corrected chi connectivity index (χ1v) is 6.26. The number of nitrogens with zero attached hydrogens (tertiary/aromatic N) is 1. The zero-order valence-corrected chi connectivity index (χ0v) is 10.8. The summed E-state index contributed by atoms with van der Waals surface area (Å²) in [6.07, 6.45) is 0. The third kappa shape index (κ3) is 2.26. The molecular weight excluding hydrogens is 228 g/mol. The van der Waals surface area contributed by atoms with Crippen LogP contribution in [0.25, 0.3) is 0 Å². The molecule has 98 valence electrons. The van der Waals surface area contributed by atoms with Gasteiger partial charge in [-0.05, 0) is 11.5 Å². The SMILES string of the molecule is CC(C)C1(O)CN(C(=O)C(N)c2ccccc2)C1. The molecule has 2 rings (SSSR count). The fourth-order valence-electron chi connectivity index (χ4n) is 2.14. The first-order chi connectivity index (χ1) is 8.44. The van der Waals surface area contributed by atoms with E-state index in [1.165, 1.54) is 0 Å². The summed E-state index contributed by atoms with van der Waals surface area (Å²) in [4.78, 5) is 13.7. The Hall–Kier alpha value is -1.39. The largest absolute Gasteiger partial charge is 0.386 e. The Morgan fingerprint density at radius 3 is 2.39 bits per heavy atom. The summed E-state index contributed by atoms with van der Waals surface area (Å²) >= 11 is 0. The van der Waals surface area contributed by atoms with Gasteiger partial charge in [0.2, 0.25) is 5.91 Å². The summed E-state index contributed by atoms with van der Waals surface area (Å²) in [5, 5.41) is 10.1. The van der Waals surface area contributed by atoms with Gasteiger partial charge in [-0.2, -0.15) is 0 Å². The molecule has 1 fully saturated rings. The minimum atomic E-state index is -0.744. The third-order valence-corrected chi connectivity index (χ3v) is 3.74. The van der Waals surface area contributed by atoms with Crippen LogP contribution < -0.4 is 5.73 Å². The van der Waals surface area contributed by atoms with Crippen molar-refractivity contribution in [3.05, 3.63) is 35.9 Å². The number of carbonyl (C=O) groups excluding carboxylic acids is 1. The van der Waals surface area contributed by atoms with E-state index in [1.54, 1.807) is 4.90 Å². The van der Waals surface area contributed by atoms with Crippen molar-refractivity contribution in [2.75, 3.05) is 13.1 Å². The molecule has 4 nitrogen and oxygen atoms in total. The van der Waals surface area contributed by atoms with E-state index in [0.29, 0.717) is 13.1 Å². The molecule has 1 unspecified atom stereocenters. The van der Waals surface area contributed by atoms with Gasteiger partial charge in [0.15, 0.2) is 0 Å².